The summed E-state index contributed by atoms with van der Waals surface area (Å²) in [5, 5.41) is 12.6. The summed E-state index contributed by atoms with van der Waals surface area (Å²) in [6.07, 6.45) is 3.01. The fourth-order valence-corrected chi connectivity index (χ4v) is 3.43. The minimum absolute atomic E-state index is 0.0349. The Morgan fingerprint density at radius 3 is 3.09 bits per heavy atom. The maximum absolute atomic E-state index is 12.6. The second-order valence-electron chi connectivity index (χ2n) is 5.85. The van der Waals surface area contributed by atoms with Gasteiger partial charge >= 0.3 is 0 Å². The van der Waals surface area contributed by atoms with Crippen LogP contribution in [0.4, 0.5) is 0 Å². The predicted octanol–water partition coefficient (Wildman–Crippen LogP) is 2.94. The number of piperidine rings is 1. The normalized spacial score (nSPS) is 20.1. The summed E-state index contributed by atoms with van der Waals surface area (Å²) < 4.78 is 5.50. The molecular formula is C16H20N2O3S. The van der Waals surface area contributed by atoms with Crippen molar-refractivity contribution in [2.24, 2.45) is 5.92 Å². The van der Waals surface area contributed by atoms with E-state index in [2.05, 4.69) is 4.98 Å². The molecule has 0 aliphatic carbocycles. The molecule has 0 radical (unpaired) electrons. The van der Waals surface area contributed by atoms with Gasteiger partial charge in [-0.1, -0.05) is 0 Å². The highest BCUT2D eigenvalue weighted by atomic mass is 32.1. The number of likely N-dealkylation sites (tertiary alicyclic amines) is 1. The molecule has 0 bridgehead atoms. The van der Waals surface area contributed by atoms with Gasteiger partial charge in [-0.15, -0.1) is 11.3 Å². The Morgan fingerprint density at radius 2 is 2.41 bits per heavy atom. The van der Waals surface area contributed by atoms with Gasteiger partial charge in [0.05, 0.1) is 16.7 Å². The summed E-state index contributed by atoms with van der Waals surface area (Å²) >= 11 is 1.55. The van der Waals surface area contributed by atoms with Gasteiger partial charge in [0.2, 0.25) is 0 Å². The number of nitrogens with zero attached hydrogens (tertiary/aromatic N) is 2. The van der Waals surface area contributed by atoms with E-state index in [1.807, 2.05) is 17.2 Å². The highest BCUT2D eigenvalue weighted by molar-refractivity contribution is 7.09. The van der Waals surface area contributed by atoms with Gasteiger partial charge in [-0.3, -0.25) is 4.79 Å². The molecule has 3 heterocycles. The Balaban J connectivity index is 1.74. The third-order valence-electron chi connectivity index (χ3n) is 4.15. The zero-order valence-corrected chi connectivity index (χ0v) is 13.6. The molecule has 3 rings (SSSR count). The van der Waals surface area contributed by atoms with Crippen LogP contribution in [0, 0.1) is 12.8 Å². The van der Waals surface area contributed by atoms with Gasteiger partial charge < -0.3 is 14.4 Å². The first kappa shape index (κ1) is 15.2. The molecule has 0 aromatic carbocycles. The molecule has 0 saturated carbocycles. The first-order valence-electron chi connectivity index (χ1n) is 7.53. The molecule has 5 nitrogen and oxygen atoms in total. The number of aliphatic hydroxyl groups excluding tert-OH is 1. The van der Waals surface area contributed by atoms with E-state index in [1.54, 1.807) is 24.3 Å². The van der Waals surface area contributed by atoms with Crippen molar-refractivity contribution in [3.05, 3.63) is 28.3 Å². The van der Waals surface area contributed by atoms with Crippen LogP contribution in [0.25, 0.3) is 11.5 Å². The molecule has 1 aliphatic rings. The second kappa shape index (κ2) is 6.22. The number of amides is 1. The van der Waals surface area contributed by atoms with Crippen molar-refractivity contribution in [2.75, 3.05) is 13.1 Å². The largest absolute Gasteiger partial charge is 0.462 e. The maximum Gasteiger partial charge on any atom is 0.257 e. The first-order valence-corrected chi connectivity index (χ1v) is 8.41. The molecule has 2 aromatic heterocycles. The van der Waals surface area contributed by atoms with Crippen LogP contribution < -0.4 is 0 Å². The van der Waals surface area contributed by atoms with Crippen LogP contribution in [0.2, 0.25) is 0 Å². The van der Waals surface area contributed by atoms with E-state index in [1.165, 1.54) is 6.26 Å². The van der Waals surface area contributed by atoms with E-state index in [0.29, 0.717) is 17.9 Å². The molecular weight excluding hydrogens is 300 g/mol. The monoisotopic (exact) mass is 320 g/mol. The fourth-order valence-electron chi connectivity index (χ4n) is 2.83. The lowest BCUT2D eigenvalue weighted by atomic mass is 9.93. The number of hydrogen-bond donors (Lipinski definition) is 1. The molecule has 1 amide bonds. The van der Waals surface area contributed by atoms with Crippen LogP contribution in [0.15, 0.2) is 22.1 Å². The average molecular weight is 320 g/mol. The number of carbonyl (C=O) groups is 1. The average Bonchev–Trinajstić information content (AvgIpc) is 3.15. The number of furan rings is 1. The first-order chi connectivity index (χ1) is 10.5. The van der Waals surface area contributed by atoms with Crippen molar-refractivity contribution in [3.63, 3.8) is 0 Å². The molecule has 1 fully saturated rings. The van der Waals surface area contributed by atoms with Crippen LogP contribution in [0.1, 0.15) is 35.1 Å². The molecule has 118 valence electrons. The Bertz CT molecular complexity index is 662. The lowest BCUT2D eigenvalue weighted by molar-refractivity contribution is 0.0465. The molecule has 22 heavy (non-hydrogen) atoms. The number of thiazole rings is 1. The molecule has 2 atom stereocenters. The van der Waals surface area contributed by atoms with E-state index in [-0.39, 0.29) is 17.9 Å². The van der Waals surface area contributed by atoms with Crippen LogP contribution in [-0.2, 0) is 0 Å². The fraction of sp³-hybridized carbons (Fsp3) is 0.500. The van der Waals surface area contributed by atoms with Crippen LogP contribution in [0.3, 0.4) is 0 Å². The highest BCUT2D eigenvalue weighted by Crippen LogP contribution is 2.26. The van der Waals surface area contributed by atoms with Crippen LogP contribution >= 0.6 is 11.3 Å². The van der Waals surface area contributed by atoms with Crippen molar-refractivity contribution in [1.82, 2.24) is 9.88 Å². The van der Waals surface area contributed by atoms with E-state index in [0.717, 1.165) is 30.1 Å². The van der Waals surface area contributed by atoms with Crippen molar-refractivity contribution >= 4 is 17.2 Å². The van der Waals surface area contributed by atoms with Gasteiger partial charge in [0.15, 0.2) is 5.76 Å². The van der Waals surface area contributed by atoms with E-state index < -0.39 is 0 Å². The Morgan fingerprint density at radius 1 is 1.59 bits per heavy atom. The van der Waals surface area contributed by atoms with Gasteiger partial charge in [-0.25, -0.2) is 4.98 Å². The van der Waals surface area contributed by atoms with E-state index in [9.17, 15) is 9.90 Å². The third-order valence-corrected chi connectivity index (χ3v) is 4.92. The van der Waals surface area contributed by atoms with Crippen molar-refractivity contribution in [2.45, 2.75) is 32.8 Å². The summed E-state index contributed by atoms with van der Waals surface area (Å²) in [5.74, 6) is 0.745. The Kier molecular flexibility index (Phi) is 4.31. The minimum Gasteiger partial charge on any atom is -0.462 e. The summed E-state index contributed by atoms with van der Waals surface area (Å²) in [5.41, 5.74) is 1.31. The smallest absolute Gasteiger partial charge is 0.257 e. The van der Waals surface area contributed by atoms with Gasteiger partial charge in [0.1, 0.15) is 12.0 Å². The topological polar surface area (TPSA) is 66.6 Å². The van der Waals surface area contributed by atoms with Crippen LogP contribution in [0.5, 0.6) is 0 Å². The van der Waals surface area contributed by atoms with Gasteiger partial charge in [0, 0.05) is 24.4 Å². The predicted molar refractivity (Wildman–Crippen MR) is 84.9 cm³/mol. The number of aryl methyl sites for hydroxylation is 1. The SMILES string of the molecule is Cc1nc(-c2cc(C(=O)N3CCC[C@H]([C@@H](C)O)C3)co2)cs1. The van der Waals surface area contributed by atoms with E-state index in [4.69, 9.17) is 4.42 Å². The van der Waals surface area contributed by atoms with Crippen molar-refractivity contribution in [1.29, 1.82) is 0 Å². The summed E-state index contributed by atoms with van der Waals surface area (Å²) in [4.78, 5) is 18.8. The van der Waals surface area contributed by atoms with Crippen molar-refractivity contribution < 1.29 is 14.3 Å². The highest BCUT2D eigenvalue weighted by Gasteiger charge is 2.28. The summed E-state index contributed by atoms with van der Waals surface area (Å²) in [6, 6.07) is 1.75. The molecule has 1 aliphatic heterocycles. The third kappa shape index (κ3) is 3.08. The van der Waals surface area contributed by atoms with Gasteiger partial charge in [0.25, 0.3) is 5.91 Å². The molecule has 0 spiro atoms. The Labute approximate surface area is 133 Å². The number of hydrogen-bond acceptors (Lipinski definition) is 5. The molecule has 2 aromatic rings. The minimum atomic E-state index is -0.381. The van der Waals surface area contributed by atoms with Gasteiger partial charge in [-0.05, 0) is 32.8 Å². The zero-order valence-electron chi connectivity index (χ0n) is 12.8. The summed E-state index contributed by atoms with van der Waals surface area (Å²) in [7, 11) is 0. The van der Waals surface area contributed by atoms with Crippen molar-refractivity contribution in [3.8, 4) is 11.5 Å². The number of aliphatic hydroxyl groups is 1. The second-order valence-corrected chi connectivity index (χ2v) is 6.91. The number of carbonyl (C=O) groups excluding carboxylic acids is 1. The maximum atomic E-state index is 12.6. The standard InChI is InChI=1S/C16H20N2O3S/c1-10(19)12-4-3-5-18(7-12)16(20)13-6-15(21-8-13)14-9-22-11(2)17-14/h6,8-10,12,19H,3-5,7H2,1-2H3/t10-,12+/m1/s1. The van der Waals surface area contributed by atoms with Gasteiger partial charge in [-0.2, -0.15) is 0 Å². The molecule has 1 saturated heterocycles. The quantitative estimate of drug-likeness (QED) is 0.944. The van der Waals surface area contributed by atoms with E-state index >= 15 is 0 Å². The lowest BCUT2D eigenvalue weighted by Crippen LogP contribution is -2.42. The number of rotatable bonds is 3. The molecule has 1 N–H and O–H groups in total. The Hall–Kier alpha value is -1.66. The van der Waals surface area contributed by atoms with Crippen LogP contribution in [-0.4, -0.2) is 40.1 Å². The molecule has 0 unspecified atom stereocenters. The summed E-state index contributed by atoms with van der Waals surface area (Å²) in [6.45, 7) is 5.07. The molecule has 6 heteroatoms. The lowest BCUT2D eigenvalue weighted by Gasteiger charge is -2.33. The zero-order chi connectivity index (χ0) is 15.7. The number of aromatic nitrogens is 1.